The van der Waals surface area contributed by atoms with E-state index in [1.807, 2.05) is 31.2 Å². The van der Waals surface area contributed by atoms with E-state index in [1.54, 1.807) is 6.92 Å². The van der Waals surface area contributed by atoms with Crippen LogP contribution in [0.1, 0.15) is 16.7 Å². The number of halogens is 2. The van der Waals surface area contributed by atoms with E-state index in [0.717, 1.165) is 11.3 Å². The number of nitrogens with zero attached hydrogens (tertiary/aromatic N) is 1. The van der Waals surface area contributed by atoms with E-state index in [-0.39, 0.29) is 28.4 Å². The fourth-order valence-corrected chi connectivity index (χ4v) is 3.20. The van der Waals surface area contributed by atoms with Crippen LogP contribution in [0.25, 0.3) is 0 Å². The Labute approximate surface area is 162 Å². The molecule has 0 atom stereocenters. The SMILES string of the molecule is Cc1ccccc1NCC(=O)N/N=C/c1c(C)c(Br)c(O)c(Br)c1O. The molecule has 1 amide bonds. The number of phenolic OH excluding ortho intramolecular Hbond substituents is 2. The number of hydrogen-bond donors (Lipinski definition) is 4. The number of amides is 1. The summed E-state index contributed by atoms with van der Waals surface area (Å²) in [7, 11) is 0. The largest absolute Gasteiger partial charge is 0.506 e. The van der Waals surface area contributed by atoms with Gasteiger partial charge in [0.1, 0.15) is 16.0 Å². The minimum atomic E-state index is -0.325. The van der Waals surface area contributed by atoms with Gasteiger partial charge >= 0.3 is 0 Å². The van der Waals surface area contributed by atoms with Crippen molar-refractivity contribution in [2.75, 3.05) is 11.9 Å². The summed E-state index contributed by atoms with van der Waals surface area (Å²) in [6, 6.07) is 7.65. The van der Waals surface area contributed by atoms with Crippen molar-refractivity contribution in [1.82, 2.24) is 5.43 Å². The Balaban J connectivity index is 2.02. The smallest absolute Gasteiger partial charge is 0.259 e. The first-order chi connectivity index (χ1) is 11.8. The number of hydrogen-bond acceptors (Lipinski definition) is 5. The van der Waals surface area contributed by atoms with Gasteiger partial charge in [-0.2, -0.15) is 5.10 Å². The van der Waals surface area contributed by atoms with Crippen LogP contribution >= 0.6 is 31.9 Å². The maximum atomic E-state index is 11.9. The zero-order valence-corrected chi connectivity index (χ0v) is 16.8. The van der Waals surface area contributed by atoms with Gasteiger partial charge in [-0.25, -0.2) is 5.43 Å². The number of para-hydroxylation sites is 1. The van der Waals surface area contributed by atoms with Crippen LogP contribution in [-0.4, -0.2) is 28.9 Å². The summed E-state index contributed by atoms with van der Waals surface area (Å²) < 4.78 is 0.588. The summed E-state index contributed by atoms with van der Waals surface area (Å²) in [6.45, 7) is 3.72. The van der Waals surface area contributed by atoms with E-state index in [1.165, 1.54) is 6.21 Å². The van der Waals surface area contributed by atoms with Crippen LogP contribution in [0.3, 0.4) is 0 Å². The van der Waals surface area contributed by atoms with E-state index >= 15 is 0 Å². The molecule has 0 aliphatic rings. The summed E-state index contributed by atoms with van der Waals surface area (Å²) in [6.07, 6.45) is 1.32. The van der Waals surface area contributed by atoms with E-state index < -0.39 is 0 Å². The predicted molar refractivity (Wildman–Crippen MR) is 105 cm³/mol. The first-order valence-corrected chi connectivity index (χ1v) is 8.92. The van der Waals surface area contributed by atoms with Crippen LogP contribution in [0.2, 0.25) is 0 Å². The molecule has 0 unspecified atom stereocenters. The Morgan fingerprint density at radius 2 is 1.84 bits per heavy atom. The topological polar surface area (TPSA) is 94.0 Å². The Hall–Kier alpha value is -2.06. The van der Waals surface area contributed by atoms with Gasteiger partial charge in [-0.3, -0.25) is 4.79 Å². The van der Waals surface area contributed by atoms with Gasteiger partial charge in [0.15, 0.2) is 0 Å². The quantitative estimate of drug-likeness (QED) is 0.395. The fraction of sp³-hybridized carbons (Fsp3) is 0.176. The fourth-order valence-electron chi connectivity index (χ4n) is 2.11. The third-order valence-corrected chi connectivity index (χ3v) is 5.30. The molecule has 132 valence electrons. The second-order valence-corrected chi connectivity index (χ2v) is 6.91. The van der Waals surface area contributed by atoms with Crippen molar-refractivity contribution in [1.29, 1.82) is 0 Å². The van der Waals surface area contributed by atoms with Crippen LogP contribution in [-0.2, 0) is 4.79 Å². The summed E-state index contributed by atoms with van der Waals surface area (Å²) >= 11 is 6.35. The lowest BCUT2D eigenvalue weighted by Crippen LogP contribution is -2.26. The van der Waals surface area contributed by atoms with E-state index in [0.29, 0.717) is 15.6 Å². The molecule has 0 heterocycles. The van der Waals surface area contributed by atoms with Crippen molar-refractivity contribution >= 4 is 49.7 Å². The van der Waals surface area contributed by atoms with E-state index in [9.17, 15) is 15.0 Å². The number of nitrogens with one attached hydrogen (secondary N) is 2. The molecule has 0 saturated carbocycles. The van der Waals surface area contributed by atoms with Crippen LogP contribution in [0.15, 0.2) is 38.3 Å². The predicted octanol–water partition coefficient (Wildman–Crippen LogP) is 3.80. The number of aromatic hydroxyl groups is 2. The molecule has 2 rings (SSSR count). The summed E-state index contributed by atoms with van der Waals surface area (Å²) in [5.74, 6) is -0.582. The molecule has 2 aromatic carbocycles. The van der Waals surface area contributed by atoms with Crippen molar-refractivity contribution < 1.29 is 15.0 Å². The maximum absolute atomic E-state index is 11.9. The molecule has 4 N–H and O–H groups in total. The molecule has 2 aromatic rings. The van der Waals surface area contributed by atoms with E-state index in [2.05, 4.69) is 47.7 Å². The molecule has 0 saturated heterocycles. The Morgan fingerprint density at radius 3 is 2.52 bits per heavy atom. The molecular weight excluding hydrogens is 454 g/mol. The number of benzene rings is 2. The normalized spacial score (nSPS) is 10.9. The van der Waals surface area contributed by atoms with Crippen molar-refractivity contribution in [3.8, 4) is 11.5 Å². The number of carbonyl (C=O) groups is 1. The van der Waals surface area contributed by atoms with Gasteiger partial charge in [0.25, 0.3) is 5.91 Å². The highest BCUT2D eigenvalue weighted by molar-refractivity contribution is 9.11. The van der Waals surface area contributed by atoms with Crippen LogP contribution < -0.4 is 10.7 Å². The van der Waals surface area contributed by atoms with Crippen molar-refractivity contribution in [2.24, 2.45) is 5.10 Å². The summed E-state index contributed by atoms with van der Waals surface area (Å²) in [5.41, 5.74) is 5.28. The molecule has 0 bridgehead atoms. The second kappa shape index (κ2) is 8.35. The highest BCUT2D eigenvalue weighted by Gasteiger charge is 2.17. The lowest BCUT2D eigenvalue weighted by atomic mass is 10.1. The first-order valence-electron chi connectivity index (χ1n) is 7.33. The summed E-state index contributed by atoms with van der Waals surface area (Å²) in [4.78, 5) is 11.9. The zero-order valence-electron chi connectivity index (χ0n) is 13.6. The number of rotatable bonds is 5. The summed E-state index contributed by atoms with van der Waals surface area (Å²) in [5, 5.41) is 26.8. The van der Waals surface area contributed by atoms with E-state index in [4.69, 9.17) is 0 Å². The molecule has 0 spiro atoms. The monoisotopic (exact) mass is 469 g/mol. The average molecular weight is 471 g/mol. The zero-order chi connectivity index (χ0) is 18.6. The second-order valence-electron chi connectivity index (χ2n) is 5.33. The lowest BCUT2D eigenvalue weighted by molar-refractivity contribution is -0.119. The number of hydrazone groups is 1. The van der Waals surface area contributed by atoms with Crippen molar-refractivity contribution in [2.45, 2.75) is 13.8 Å². The average Bonchev–Trinajstić information content (AvgIpc) is 2.60. The maximum Gasteiger partial charge on any atom is 0.259 e. The molecule has 0 radical (unpaired) electrons. The number of phenols is 2. The number of carbonyl (C=O) groups excluding carboxylic acids is 1. The molecule has 0 aromatic heterocycles. The van der Waals surface area contributed by atoms with Gasteiger partial charge in [0.2, 0.25) is 0 Å². The van der Waals surface area contributed by atoms with Crippen molar-refractivity contribution in [3.05, 3.63) is 49.9 Å². The van der Waals surface area contributed by atoms with Gasteiger partial charge in [0.05, 0.1) is 17.2 Å². The van der Waals surface area contributed by atoms with Crippen LogP contribution in [0, 0.1) is 13.8 Å². The number of anilines is 1. The Kier molecular flexibility index (Phi) is 6.44. The van der Waals surface area contributed by atoms with Crippen molar-refractivity contribution in [3.63, 3.8) is 0 Å². The molecule has 6 nitrogen and oxygen atoms in total. The molecule has 8 heteroatoms. The minimum Gasteiger partial charge on any atom is -0.506 e. The Morgan fingerprint density at radius 1 is 1.16 bits per heavy atom. The Bertz CT molecular complexity index is 809. The van der Waals surface area contributed by atoms with Crippen LogP contribution in [0.4, 0.5) is 5.69 Å². The lowest BCUT2D eigenvalue weighted by Gasteiger charge is -2.11. The third-order valence-electron chi connectivity index (χ3n) is 3.58. The van der Waals surface area contributed by atoms with Crippen LogP contribution in [0.5, 0.6) is 11.5 Å². The van der Waals surface area contributed by atoms with Gasteiger partial charge in [0, 0.05) is 11.3 Å². The molecule has 25 heavy (non-hydrogen) atoms. The standard InChI is InChI=1S/C17H17Br2N3O3/c1-9-5-3-4-6-12(9)20-8-13(23)22-21-7-11-10(2)14(18)17(25)15(19)16(11)24/h3-7,20,24-25H,8H2,1-2H3,(H,22,23)/b21-7+. The number of aryl methyl sites for hydroxylation is 1. The van der Waals surface area contributed by atoms with Gasteiger partial charge < -0.3 is 15.5 Å². The molecule has 0 aliphatic carbocycles. The minimum absolute atomic E-state index is 0.0656. The third kappa shape index (κ3) is 4.52. The highest BCUT2D eigenvalue weighted by Crippen LogP contribution is 2.43. The molecule has 0 aliphatic heterocycles. The van der Waals surface area contributed by atoms with Gasteiger partial charge in [-0.05, 0) is 62.9 Å². The first kappa shape index (κ1) is 19.3. The van der Waals surface area contributed by atoms with Gasteiger partial charge in [-0.1, -0.05) is 18.2 Å². The molecule has 0 fully saturated rings. The highest BCUT2D eigenvalue weighted by atomic mass is 79.9. The van der Waals surface area contributed by atoms with Gasteiger partial charge in [-0.15, -0.1) is 0 Å². The molecular formula is C17H17Br2N3O3.